The molecule has 0 aliphatic heterocycles. The van der Waals surface area contributed by atoms with Crippen LogP contribution in [0.2, 0.25) is 0 Å². The number of halogens is 4. The van der Waals surface area contributed by atoms with Crippen LogP contribution in [0.15, 0.2) is 40.8 Å². The highest BCUT2D eigenvalue weighted by atomic mass is 19.3. The number of nitrogens with zero attached hydrogens (tertiary/aromatic N) is 1. The van der Waals surface area contributed by atoms with Crippen LogP contribution in [0.5, 0.6) is 11.5 Å². The van der Waals surface area contributed by atoms with E-state index < -0.39 is 24.2 Å². The Morgan fingerprint density at radius 2 is 1.89 bits per heavy atom. The third-order valence-electron chi connectivity index (χ3n) is 5.29. The number of unbranched alkanes of at least 4 members (excludes halogenated alkanes) is 1. The van der Waals surface area contributed by atoms with Gasteiger partial charge in [0, 0.05) is 37.2 Å². The Labute approximate surface area is 215 Å². The molecule has 4 N–H and O–H groups in total. The first-order valence-corrected chi connectivity index (χ1v) is 11.6. The van der Waals surface area contributed by atoms with Gasteiger partial charge in [-0.1, -0.05) is 6.07 Å². The standard InChI is InChI=1S/C25H26F4N4O5/c1-31-21(34)4-2-3-9-36-19-10-14(6-8-18(19)38-25(28)29)24-33-22(20(12-30)37-24)23(35)32-13-15-5-7-16(26)11-17(15)27/h5-8,10-11,25H,2-4,9,12-13,30H2,1H3,(H,31,34)(H,32,35). The van der Waals surface area contributed by atoms with Crippen molar-refractivity contribution in [3.63, 3.8) is 0 Å². The number of nitrogens with one attached hydrogen (secondary N) is 2. The normalized spacial score (nSPS) is 10.9. The molecular weight excluding hydrogens is 512 g/mol. The summed E-state index contributed by atoms with van der Waals surface area (Å²) in [6.45, 7) is -3.41. The van der Waals surface area contributed by atoms with Gasteiger partial charge in [-0.3, -0.25) is 9.59 Å². The second-order valence-electron chi connectivity index (χ2n) is 7.93. The van der Waals surface area contributed by atoms with Crippen LogP contribution in [0.3, 0.4) is 0 Å². The lowest BCUT2D eigenvalue weighted by Gasteiger charge is -2.13. The second-order valence-corrected chi connectivity index (χ2v) is 7.93. The molecule has 0 fully saturated rings. The number of alkyl halides is 2. The van der Waals surface area contributed by atoms with Crippen LogP contribution in [-0.4, -0.2) is 37.1 Å². The molecule has 0 bridgehead atoms. The number of benzene rings is 2. The van der Waals surface area contributed by atoms with Crippen molar-refractivity contribution in [2.75, 3.05) is 13.7 Å². The summed E-state index contributed by atoms with van der Waals surface area (Å²) >= 11 is 0. The van der Waals surface area contributed by atoms with Crippen LogP contribution in [0.25, 0.3) is 11.5 Å². The Bertz CT molecular complexity index is 1270. The molecule has 3 aromatic rings. The largest absolute Gasteiger partial charge is 0.490 e. The first-order chi connectivity index (χ1) is 18.2. The van der Waals surface area contributed by atoms with Crippen LogP contribution < -0.4 is 25.8 Å². The highest BCUT2D eigenvalue weighted by molar-refractivity contribution is 5.93. The summed E-state index contributed by atoms with van der Waals surface area (Å²) in [7, 11) is 1.53. The molecule has 1 aromatic heterocycles. The molecule has 0 aliphatic carbocycles. The lowest BCUT2D eigenvalue weighted by atomic mass is 10.2. The van der Waals surface area contributed by atoms with E-state index in [9.17, 15) is 27.2 Å². The molecule has 1 heterocycles. The smallest absolute Gasteiger partial charge is 0.387 e. The minimum Gasteiger partial charge on any atom is -0.490 e. The van der Waals surface area contributed by atoms with E-state index in [2.05, 4.69) is 20.4 Å². The summed E-state index contributed by atoms with van der Waals surface area (Å²) in [6, 6.07) is 6.95. The molecule has 38 heavy (non-hydrogen) atoms. The molecule has 204 valence electrons. The van der Waals surface area contributed by atoms with Crippen LogP contribution in [0.4, 0.5) is 17.6 Å². The van der Waals surface area contributed by atoms with Gasteiger partial charge in [0.05, 0.1) is 13.2 Å². The molecule has 0 aliphatic rings. The first-order valence-electron chi connectivity index (χ1n) is 11.6. The number of ether oxygens (including phenoxy) is 2. The summed E-state index contributed by atoms with van der Waals surface area (Å²) in [6.07, 6.45) is 1.28. The zero-order valence-corrected chi connectivity index (χ0v) is 20.4. The van der Waals surface area contributed by atoms with Crippen molar-refractivity contribution in [2.24, 2.45) is 5.73 Å². The average molecular weight is 538 g/mol. The molecule has 2 aromatic carbocycles. The molecule has 0 spiro atoms. The molecular formula is C25H26F4N4O5. The lowest BCUT2D eigenvalue weighted by Crippen LogP contribution is -2.25. The van der Waals surface area contributed by atoms with Crippen molar-refractivity contribution < 1.29 is 41.0 Å². The number of nitrogens with two attached hydrogens (primary N) is 1. The van der Waals surface area contributed by atoms with Crippen LogP contribution in [0, 0.1) is 11.6 Å². The number of rotatable bonds is 13. The van der Waals surface area contributed by atoms with E-state index in [-0.39, 0.29) is 72.0 Å². The van der Waals surface area contributed by atoms with Gasteiger partial charge in [-0.15, -0.1) is 0 Å². The number of carbonyl (C=O) groups is 2. The van der Waals surface area contributed by atoms with Gasteiger partial charge in [0.2, 0.25) is 11.8 Å². The van der Waals surface area contributed by atoms with Crippen molar-refractivity contribution in [1.82, 2.24) is 15.6 Å². The van der Waals surface area contributed by atoms with Crippen LogP contribution >= 0.6 is 0 Å². The average Bonchev–Trinajstić information content (AvgIpc) is 3.33. The van der Waals surface area contributed by atoms with Crippen molar-refractivity contribution in [2.45, 2.75) is 39.0 Å². The van der Waals surface area contributed by atoms with Crippen molar-refractivity contribution in [1.29, 1.82) is 0 Å². The number of hydrogen-bond donors (Lipinski definition) is 3. The van der Waals surface area contributed by atoms with Crippen molar-refractivity contribution in [3.8, 4) is 23.0 Å². The first kappa shape index (κ1) is 28.4. The predicted octanol–water partition coefficient (Wildman–Crippen LogP) is 3.91. The van der Waals surface area contributed by atoms with Gasteiger partial charge in [-0.2, -0.15) is 8.78 Å². The maximum Gasteiger partial charge on any atom is 0.387 e. The third-order valence-corrected chi connectivity index (χ3v) is 5.29. The van der Waals surface area contributed by atoms with Gasteiger partial charge in [0.15, 0.2) is 23.0 Å². The molecule has 3 rings (SSSR count). The lowest BCUT2D eigenvalue weighted by molar-refractivity contribution is -0.120. The molecule has 2 amide bonds. The Morgan fingerprint density at radius 3 is 2.58 bits per heavy atom. The van der Waals surface area contributed by atoms with Gasteiger partial charge >= 0.3 is 6.61 Å². The molecule has 0 unspecified atom stereocenters. The Morgan fingerprint density at radius 1 is 1.11 bits per heavy atom. The van der Waals surface area contributed by atoms with E-state index in [1.807, 2.05) is 0 Å². The minimum atomic E-state index is -3.09. The molecule has 13 heteroatoms. The SMILES string of the molecule is CNC(=O)CCCCOc1cc(-c2nc(C(=O)NCc3ccc(F)cc3F)c(CN)o2)ccc1OC(F)F. The fourth-order valence-electron chi connectivity index (χ4n) is 3.36. The van der Waals surface area contributed by atoms with Gasteiger partial charge in [0.25, 0.3) is 5.91 Å². The molecule has 0 atom stereocenters. The summed E-state index contributed by atoms with van der Waals surface area (Å²) < 4.78 is 68.5. The topological polar surface area (TPSA) is 129 Å². The molecule has 0 saturated carbocycles. The van der Waals surface area contributed by atoms with E-state index >= 15 is 0 Å². The van der Waals surface area contributed by atoms with E-state index in [4.69, 9.17) is 14.9 Å². The highest BCUT2D eigenvalue weighted by Gasteiger charge is 2.22. The van der Waals surface area contributed by atoms with Crippen molar-refractivity contribution >= 4 is 11.8 Å². The van der Waals surface area contributed by atoms with E-state index in [0.29, 0.717) is 18.9 Å². The maximum absolute atomic E-state index is 13.9. The highest BCUT2D eigenvalue weighted by Crippen LogP contribution is 2.34. The number of aromatic nitrogens is 1. The number of hydrogen-bond acceptors (Lipinski definition) is 7. The van der Waals surface area contributed by atoms with E-state index in [1.165, 1.54) is 31.3 Å². The van der Waals surface area contributed by atoms with Crippen molar-refractivity contribution in [3.05, 3.63) is 65.1 Å². The number of oxazole rings is 1. The molecule has 9 nitrogen and oxygen atoms in total. The Kier molecular flexibility index (Phi) is 10.0. The summed E-state index contributed by atoms with van der Waals surface area (Å²) in [5.74, 6) is -2.67. The fourth-order valence-corrected chi connectivity index (χ4v) is 3.36. The predicted molar refractivity (Wildman–Crippen MR) is 127 cm³/mol. The monoisotopic (exact) mass is 538 g/mol. The maximum atomic E-state index is 13.9. The zero-order chi connectivity index (χ0) is 27.7. The molecule has 0 radical (unpaired) electrons. The van der Waals surface area contributed by atoms with Gasteiger partial charge in [-0.25, -0.2) is 13.8 Å². The summed E-state index contributed by atoms with van der Waals surface area (Å²) in [5, 5.41) is 4.97. The van der Waals surface area contributed by atoms with E-state index in [1.54, 1.807) is 0 Å². The quantitative estimate of drug-likeness (QED) is 0.222. The van der Waals surface area contributed by atoms with Crippen LogP contribution in [-0.2, 0) is 17.9 Å². The fraction of sp³-hybridized carbons (Fsp3) is 0.320. The van der Waals surface area contributed by atoms with Gasteiger partial charge < -0.3 is 30.3 Å². The number of amides is 2. The molecule has 0 saturated heterocycles. The summed E-state index contributed by atoms with van der Waals surface area (Å²) in [4.78, 5) is 28.2. The van der Waals surface area contributed by atoms with Gasteiger partial charge in [0.1, 0.15) is 11.6 Å². The number of carbonyl (C=O) groups excluding carboxylic acids is 2. The van der Waals surface area contributed by atoms with Crippen LogP contribution in [0.1, 0.15) is 41.1 Å². The Balaban J connectivity index is 1.76. The van der Waals surface area contributed by atoms with Gasteiger partial charge in [-0.05, 0) is 37.1 Å². The third kappa shape index (κ3) is 7.68. The van der Waals surface area contributed by atoms with E-state index in [0.717, 1.165) is 6.07 Å². The minimum absolute atomic E-state index is 0.0203. The summed E-state index contributed by atoms with van der Waals surface area (Å²) in [5.41, 5.74) is 5.87. The second kappa shape index (κ2) is 13.4. The zero-order valence-electron chi connectivity index (χ0n) is 20.4. The Hall–Kier alpha value is -4.13.